The average molecular weight is 369 g/mol. The molecule has 0 spiro atoms. The molecule has 0 radical (unpaired) electrons. The second-order valence-corrected chi connectivity index (χ2v) is 7.22. The van der Waals surface area contributed by atoms with Crippen molar-refractivity contribution in [1.82, 2.24) is 19.9 Å². The molecule has 0 unspecified atom stereocenters. The molecule has 1 aromatic carbocycles. The normalized spacial score (nSPS) is 15.3. The van der Waals surface area contributed by atoms with E-state index in [-0.39, 0.29) is 5.91 Å². The molecule has 6 heteroatoms. The van der Waals surface area contributed by atoms with Gasteiger partial charge >= 0.3 is 0 Å². The van der Waals surface area contributed by atoms with Crippen LogP contribution >= 0.6 is 11.6 Å². The number of nitrogens with zero attached hydrogens (tertiary/aromatic N) is 3. The maximum Gasteiger partial charge on any atom is 0.253 e. The van der Waals surface area contributed by atoms with Gasteiger partial charge in [-0.05, 0) is 37.0 Å². The van der Waals surface area contributed by atoms with Crippen LogP contribution in [0.15, 0.2) is 42.9 Å². The molecule has 0 saturated heterocycles. The quantitative estimate of drug-likeness (QED) is 0.743. The highest BCUT2D eigenvalue weighted by Crippen LogP contribution is 2.30. The van der Waals surface area contributed by atoms with Crippen LogP contribution in [0.25, 0.3) is 16.9 Å². The van der Waals surface area contributed by atoms with Crippen LogP contribution in [0.5, 0.6) is 0 Å². The summed E-state index contributed by atoms with van der Waals surface area (Å²) < 4.78 is 1.82. The molecule has 0 aliphatic heterocycles. The van der Waals surface area contributed by atoms with Crippen LogP contribution in [0, 0.1) is 5.92 Å². The molecule has 1 saturated carbocycles. The Bertz CT molecular complexity index is 916. The van der Waals surface area contributed by atoms with Gasteiger partial charge in [0.25, 0.3) is 5.91 Å². The van der Waals surface area contributed by atoms with Crippen LogP contribution in [0.3, 0.4) is 0 Å². The summed E-state index contributed by atoms with van der Waals surface area (Å²) >= 11 is 6.42. The molecule has 0 atom stereocenters. The number of rotatable bonds is 4. The van der Waals surface area contributed by atoms with Gasteiger partial charge in [-0.1, -0.05) is 36.9 Å². The number of hydrogen-bond acceptors (Lipinski definition) is 3. The molecule has 1 aliphatic rings. The predicted molar refractivity (Wildman–Crippen MR) is 103 cm³/mol. The monoisotopic (exact) mass is 368 g/mol. The number of halogens is 1. The Kier molecular flexibility index (Phi) is 4.89. The fourth-order valence-corrected chi connectivity index (χ4v) is 3.99. The first-order valence-corrected chi connectivity index (χ1v) is 9.47. The van der Waals surface area contributed by atoms with Gasteiger partial charge in [0.2, 0.25) is 5.95 Å². The highest BCUT2D eigenvalue weighted by atomic mass is 35.5. The first-order valence-electron chi connectivity index (χ1n) is 9.09. The molecule has 2 heterocycles. The van der Waals surface area contributed by atoms with E-state index in [1.807, 2.05) is 16.7 Å². The Morgan fingerprint density at radius 2 is 1.92 bits per heavy atom. The summed E-state index contributed by atoms with van der Waals surface area (Å²) in [5, 5.41) is 4.40. The SMILES string of the molecule is O=C(NCC1CCCCC1)c1cn(-c2ncccn2)c2cccc(Cl)c12. The maximum absolute atomic E-state index is 12.9. The standard InChI is InChI=1S/C20H21ClN4O/c21-16-8-4-9-17-18(16)15(13-25(17)20-22-10-5-11-23-20)19(26)24-12-14-6-2-1-3-7-14/h4-5,8-11,13-14H,1-3,6-7,12H2,(H,24,26). The van der Waals surface area contributed by atoms with Crippen molar-refractivity contribution in [3.8, 4) is 5.95 Å². The lowest BCUT2D eigenvalue weighted by molar-refractivity contribution is 0.0945. The van der Waals surface area contributed by atoms with Gasteiger partial charge in [0, 0.05) is 30.5 Å². The minimum Gasteiger partial charge on any atom is -0.352 e. The lowest BCUT2D eigenvalue weighted by Gasteiger charge is -2.21. The summed E-state index contributed by atoms with van der Waals surface area (Å²) in [7, 11) is 0. The van der Waals surface area contributed by atoms with E-state index < -0.39 is 0 Å². The predicted octanol–water partition coefficient (Wildman–Crippen LogP) is 4.38. The van der Waals surface area contributed by atoms with E-state index in [1.165, 1.54) is 32.1 Å². The lowest BCUT2D eigenvalue weighted by atomic mass is 9.89. The molecule has 26 heavy (non-hydrogen) atoms. The Morgan fingerprint density at radius 3 is 2.69 bits per heavy atom. The summed E-state index contributed by atoms with van der Waals surface area (Å²) in [6, 6.07) is 7.36. The molecule has 0 bridgehead atoms. The minimum absolute atomic E-state index is 0.0941. The third-order valence-electron chi connectivity index (χ3n) is 5.07. The summed E-state index contributed by atoms with van der Waals surface area (Å²) in [4.78, 5) is 21.5. The third kappa shape index (κ3) is 3.31. The van der Waals surface area contributed by atoms with Gasteiger partial charge in [-0.2, -0.15) is 0 Å². The molecule has 5 nitrogen and oxygen atoms in total. The van der Waals surface area contributed by atoms with Crippen molar-refractivity contribution in [2.24, 2.45) is 5.92 Å². The number of aromatic nitrogens is 3. The van der Waals surface area contributed by atoms with Gasteiger partial charge in [0.1, 0.15) is 0 Å². The second-order valence-electron chi connectivity index (χ2n) is 6.81. The molecule has 2 aromatic heterocycles. The zero-order chi connectivity index (χ0) is 17.9. The fraction of sp³-hybridized carbons (Fsp3) is 0.350. The number of nitrogens with one attached hydrogen (secondary N) is 1. The number of amides is 1. The van der Waals surface area contributed by atoms with E-state index in [0.29, 0.717) is 22.5 Å². The van der Waals surface area contributed by atoms with Crippen LogP contribution in [0.4, 0.5) is 0 Å². The van der Waals surface area contributed by atoms with Gasteiger partial charge in [-0.15, -0.1) is 0 Å². The van der Waals surface area contributed by atoms with E-state index in [0.717, 1.165) is 17.4 Å². The van der Waals surface area contributed by atoms with Gasteiger partial charge in [-0.3, -0.25) is 9.36 Å². The van der Waals surface area contributed by atoms with E-state index in [1.54, 1.807) is 30.7 Å². The largest absolute Gasteiger partial charge is 0.352 e. The topological polar surface area (TPSA) is 59.8 Å². The molecule has 134 valence electrons. The fourth-order valence-electron chi connectivity index (χ4n) is 3.72. The Hall–Kier alpha value is -2.40. The highest BCUT2D eigenvalue weighted by molar-refractivity contribution is 6.37. The first-order chi connectivity index (χ1) is 12.7. The minimum atomic E-state index is -0.0941. The number of fused-ring (bicyclic) bond motifs is 1. The highest BCUT2D eigenvalue weighted by Gasteiger charge is 2.20. The molecular formula is C20H21ClN4O. The molecule has 1 amide bonds. The van der Waals surface area contributed by atoms with Gasteiger partial charge < -0.3 is 5.32 Å². The summed E-state index contributed by atoms with van der Waals surface area (Å²) in [6.07, 6.45) is 11.4. The summed E-state index contributed by atoms with van der Waals surface area (Å²) in [5.41, 5.74) is 1.39. The molecule has 3 aromatic rings. The Morgan fingerprint density at radius 1 is 1.15 bits per heavy atom. The number of benzene rings is 1. The van der Waals surface area contributed by atoms with Crippen LogP contribution in [0.2, 0.25) is 5.02 Å². The number of hydrogen-bond donors (Lipinski definition) is 1. The van der Waals surface area contributed by atoms with Gasteiger partial charge in [0.05, 0.1) is 16.1 Å². The molecule has 1 N–H and O–H groups in total. The van der Waals surface area contributed by atoms with Crippen molar-refractivity contribution < 1.29 is 4.79 Å². The molecule has 4 rings (SSSR count). The van der Waals surface area contributed by atoms with Crippen molar-refractivity contribution in [2.45, 2.75) is 32.1 Å². The first kappa shape index (κ1) is 17.0. The number of carbonyl (C=O) groups excluding carboxylic acids is 1. The van der Waals surface area contributed by atoms with E-state index >= 15 is 0 Å². The maximum atomic E-state index is 12.9. The molecule has 1 fully saturated rings. The van der Waals surface area contributed by atoms with Crippen molar-refractivity contribution in [1.29, 1.82) is 0 Å². The van der Waals surface area contributed by atoms with Crippen LogP contribution in [-0.4, -0.2) is 27.0 Å². The van der Waals surface area contributed by atoms with E-state index in [4.69, 9.17) is 11.6 Å². The zero-order valence-corrected chi connectivity index (χ0v) is 15.2. The number of carbonyl (C=O) groups is 1. The Labute approximate surface area is 157 Å². The molecular weight excluding hydrogens is 348 g/mol. The van der Waals surface area contributed by atoms with E-state index in [2.05, 4.69) is 15.3 Å². The van der Waals surface area contributed by atoms with Crippen molar-refractivity contribution in [3.63, 3.8) is 0 Å². The second kappa shape index (κ2) is 7.46. The van der Waals surface area contributed by atoms with Crippen LogP contribution in [-0.2, 0) is 0 Å². The Balaban J connectivity index is 1.67. The molecule has 1 aliphatic carbocycles. The lowest BCUT2D eigenvalue weighted by Crippen LogP contribution is -2.30. The van der Waals surface area contributed by atoms with Crippen molar-refractivity contribution in [2.75, 3.05) is 6.54 Å². The van der Waals surface area contributed by atoms with Crippen LogP contribution < -0.4 is 5.32 Å². The third-order valence-corrected chi connectivity index (χ3v) is 5.38. The summed E-state index contributed by atoms with van der Waals surface area (Å²) in [6.45, 7) is 0.720. The van der Waals surface area contributed by atoms with E-state index in [9.17, 15) is 4.79 Å². The van der Waals surface area contributed by atoms with Crippen molar-refractivity contribution in [3.05, 3.63) is 53.4 Å². The van der Waals surface area contributed by atoms with Crippen molar-refractivity contribution >= 4 is 28.4 Å². The summed E-state index contributed by atoms with van der Waals surface area (Å²) in [5.74, 6) is 1.00. The van der Waals surface area contributed by atoms with Gasteiger partial charge in [-0.25, -0.2) is 9.97 Å². The van der Waals surface area contributed by atoms with Gasteiger partial charge in [0.15, 0.2) is 0 Å². The smallest absolute Gasteiger partial charge is 0.253 e. The average Bonchev–Trinajstić information content (AvgIpc) is 3.09. The zero-order valence-electron chi connectivity index (χ0n) is 14.5. The van der Waals surface area contributed by atoms with Crippen LogP contribution in [0.1, 0.15) is 42.5 Å².